The summed E-state index contributed by atoms with van der Waals surface area (Å²) in [7, 11) is 1.26. The summed E-state index contributed by atoms with van der Waals surface area (Å²) in [6, 6.07) is 14.8. The van der Waals surface area contributed by atoms with Gasteiger partial charge in [0.05, 0.1) is 12.7 Å². The first-order valence-corrected chi connectivity index (χ1v) is 7.82. The van der Waals surface area contributed by atoms with Gasteiger partial charge in [-0.05, 0) is 37.3 Å². The van der Waals surface area contributed by atoms with Crippen LogP contribution in [0, 0.1) is 11.3 Å². The minimum Gasteiger partial charge on any atom is -0.465 e. The second kappa shape index (κ2) is 8.57. The Morgan fingerprint density at radius 1 is 0.923 bits per heavy atom. The molecule has 0 aliphatic carbocycles. The zero-order valence-corrected chi connectivity index (χ0v) is 14.4. The first-order valence-electron chi connectivity index (χ1n) is 7.82. The summed E-state index contributed by atoms with van der Waals surface area (Å²) >= 11 is 0. The van der Waals surface area contributed by atoms with Crippen LogP contribution in [0.3, 0.4) is 0 Å². The van der Waals surface area contributed by atoms with E-state index in [0.717, 1.165) is 0 Å². The number of nitrogens with one attached hydrogen (secondary N) is 3. The predicted molar refractivity (Wildman–Crippen MR) is 98.4 cm³/mol. The van der Waals surface area contributed by atoms with Crippen LogP contribution in [0.4, 0.5) is 11.4 Å². The lowest BCUT2D eigenvalue weighted by Gasteiger charge is -2.16. The van der Waals surface area contributed by atoms with Gasteiger partial charge in [0.25, 0.3) is 0 Å². The molecule has 1 unspecified atom stereocenters. The van der Waals surface area contributed by atoms with Crippen molar-refractivity contribution in [3.63, 3.8) is 0 Å². The van der Waals surface area contributed by atoms with E-state index in [2.05, 4.69) is 15.4 Å². The van der Waals surface area contributed by atoms with Gasteiger partial charge in [-0.1, -0.05) is 24.3 Å². The number of carbonyl (C=O) groups is 3. The minimum absolute atomic E-state index is 0.0972. The topological polar surface area (TPSA) is 108 Å². The van der Waals surface area contributed by atoms with Gasteiger partial charge in [-0.15, -0.1) is 0 Å². The maximum Gasteiger partial charge on any atom is 0.337 e. The zero-order valence-electron chi connectivity index (χ0n) is 14.4. The summed E-state index contributed by atoms with van der Waals surface area (Å²) in [6.45, 7) is 1.39. The third-order valence-electron chi connectivity index (χ3n) is 3.55. The van der Waals surface area contributed by atoms with E-state index in [1.165, 1.54) is 20.1 Å². The van der Waals surface area contributed by atoms with Crippen molar-refractivity contribution in [2.45, 2.75) is 6.92 Å². The third-order valence-corrected chi connectivity index (χ3v) is 3.55. The first kappa shape index (κ1) is 18.9. The molecule has 0 saturated carbocycles. The van der Waals surface area contributed by atoms with E-state index in [4.69, 9.17) is 5.41 Å². The van der Waals surface area contributed by atoms with Crippen molar-refractivity contribution in [3.05, 3.63) is 60.2 Å². The highest BCUT2D eigenvalue weighted by Gasteiger charge is 2.29. The average molecular weight is 353 g/mol. The molecule has 0 aliphatic heterocycles. The van der Waals surface area contributed by atoms with Crippen molar-refractivity contribution >= 4 is 34.9 Å². The van der Waals surface area contributed by atoms with Crippen LogP contribution in [0.25, 0.3) is 0 Å². The number of rotatable bonds is 6. The molecule has 2 aromatic carbocycles. The highest BCUT2D eigenvalue weighted by atomic mass is 16.5. The Bertz CT molecular complexity index is 834. The van der Waals surface area contributed by atoms with Crippen LogP contribution in [0.2, 0.25) is 0 Å². The Morgan fingerprint density at radius 2 is 1.50 bits per heavy atom. The van der Waals surface area contributed by atoms with Crippen molar-refractivity contribution in [2.75, 3.05) is 17.7 Å². The molecule has 0 spiro atoms. The number of amides is 2. The third kappa shape index (κ3) is 4.76. The minimum atomic E-state index is -1.29. The fourth-order valence-corrected chi connectivity index (χ4v) is 2.30. The molecule has 0 heterocycles. The number of para-hydroxylation sites is 1. The predicted octanol–water partition coefficient (Wildman–Crippen LogP) is 2.71. The molecule has 0 aromatic heterocycles. The van der Waals surface area contributed by atoms with Crippen molar-refractivity contribution < 1.29 is 19.1 Å². The highest BCUT2D eigenvalue weighted by Crippen LogP contribution is 2.15. The van der Waals surface area contributed by atoms with Gasteiger partial charge in [-0.2, -0.15) is 0 Å². The quantitative estimate of drug-likeness (QED) is 0.421. The smallest absolute Gasteiger partial charge is 0.337 e. The van der Waals surface area contributed by atoms with Crippen LogP contribution in [0.5, 0.6) is 0 Å². The summed E-state index contributed by atoms with van der Waals surface area (Å²) < 4.78 is 4.64. The SMILES string of the molecule is COC(=O)c1cccc(NC(=O)C(C(C)=N)C(=O)Nc2ccccc2)c1. The van der Waals surface area contributed by atoms with Crippen molar-refractivity contribution in [3.8, 4) is 0 Å². The number of esters is 1. The molecule has 0 bridgehead atoms. The van der Waals surface area contributed by atoms with E-state index in [1.807, 2.05) is 0 Å². The van der Waals surface area contributed by atoms with Gasteiger partial charge >= 0.3 is 5.97 Å². The van der Waals surface area contributed by atoms with Crippen LogP contribution in [0.15, 0.2) is 54.6 Å². The Labute approximate surface area is 150 Å². The Kier molecular flexibility index (Phi) is 6.21. The van der Waals surface area contributed by atoms with Gasteiger partial charge in [0.1, 0.15) is 0 Å². The molecule has 0 fully saturated rings. The van der Waals surface area contributed by atoms with Gasteiger partial charge in [0.2, 0.25) is 11.8 Å². The average Bonchev–Trinajstić information content (AvgIpc) is 2.61. The van der Waals surface area contributed by atoms with Crippen molar-refractivity contribution in [2.24, 2.45) is 5.92 Å². The van der Waals surface area contributed by atoms with Gasteiger partial charge < -0.3 is 20.8 Å². The summed E-state index contributed by atoms with van der Waals surface area (Å²) in [4.78, 5) is 36.5. The number of hydrogen-bond acceptors (Lipinski definition) is 5. The number of benzene rings is 2. The molecule has 0 saturated heterocycles. The van der Waals surface area contributed by atoms with E-state index in [9.17, 15) is 14.4 Å². The Balaban J connectivity index is 2.15. The van der Waals surface area contributed by atoms with Crippen LogP contribution in [0.1, 0.15) is 17.3 Å². The molecule has 2 amide bonds. The van der Waals surface area contributed by atoms with E-state index in [1.54, 1.807) is 48.5 Å². The number of ether oxygens (including phenoxy) is 1. The Hall–Kier alpha value is -3.48. The molecule has 26 heavy (non-hydrogen) atoms. The lowest BCUT2D eigenvalue weighted by Crippen LogP contribution is -2.38. The number of hydrogen-bond donors (Lipinski definition) is 3. The van der Waals surface area contributed by atoms with E-state index >= 15 is 0 Å². The molecule has 0 aliphatic rings. The van der Waals surface area contributed by atoms with E-state index in [0.29, 0.717) is 11.4 Å². The molecule has 7 heteroatoms. The fourth-order valence-electron chi connectivity index (χ4n) is 2.30. The van der Waals surface area contributed by atoms with Crippen LogP contribution in [-0.2, 0) is 14.3 Å². The summed E-state index contributed by atoms with van der Waals surface area (Å²) in [5.74, 6) is -3.10. The lowest BCUT2D eigenvalue weighted by atomic mass is 10.0. The van der Waals surface area contributed by atoms with Crippen molar-refractivity contribution in [1.29, 1.82) is 5.41 Å². The standard InChI is InChI=1S/C19H19N3O4/c1-12(20)16(17(23)21-14-8-4-3-5-9-14)18(24)22-15-10-6-7-13(11-15)19(25)26-2/h3-11,16,20H,1-2H3,(H,21,23)(H,22,24). The van der Waals surface area contributed by atoms with Crippen LogP contribution >= 0.6 is 0 Å². The molecule has 2 aromatic rings. The maximum absolute atomic E-state index is 12.5. The Morgan fingerprint density at radius 3 is 2.08 bits per heavy atom. The number of anilines is 2. The molecule has 0 radical (unpaired) electrons. The molecule has 1 atom stereocenters. The normalized spacial score (nSPS) is 11.2. The molecule has 7 nitrogen and oxygen atoms in total. The van der Waals surface area contributed by atoms with Gasteiger partial charge in [-0.25, -0.2) is 4.79 Å². The van der Waals surface area contributed by atoms with Crippen LogP contribution in [-0.4, -0.2) is 30.6 Å². The summed E-state index contributed by atoms with van der Waals surface area (Å²) in [5, 5.41) is 13.0. The van der Waals surface area contributed by atoms with Gasteiger partial charge in [0.15, 0.2) is 5.92 Å². The lowest BCUT2D eigenvalue weighted by molar-refractivity contribution is -0.126. The summed E-state index contributed by atoms with van der Waals surface area (Å²) in [5.41, 5.74) is 1.03. The summed E-state index contributed by atoms with van der Waals surface area (Å²) in [6.07, 6.45) is 0. The van der Waals surface area contributed by atoms with Crippen molar-refractivity contribution in [1.82, 2.24) is 0 Å². The second-order valence-electron chi connectivity index (χ2n) is 5.53. The zero-order chi connectivity index (χ0) is 19.1. The van der Waals surface area contributed by atoms with Crippen LogP contribution < -0.4 is 10.6 Å². The fraction of sp³-hybridized carbons (Fsp3) is 0.158. The number of carbonyl (C=O) groups excluding carboxylic acids is 3. The highest BCUT2D eigenvalue weighted by molar-refractivity contribution is 6.24. The molecule has 134 valence electrons. The molecule has 2 rings (SSSR count). The van der Waals surface area contributed by atoms with Gasteiger partial charge in [-0.3, -0.25) is 9.59 Å². The monoisotopic (exact) mass is 353 g/mol. The molecular weight excluding hydrogens is 334 g/mol. The molecular formula is C19H19N3O4. The van der Waals surface area contributed by atoms with E-state index < -0.39 is 23.7 Å². The largest absolute Gasteiger partial charge is 0.465 e. The second-order valence-corrected chi connectivity index (χ2v) is 5.53. The molecule has 3 N–H and O–H groups in total. The van der Waals surface area contributed by atoms with Gasteiger partial charge in [0, 0.05) is 17.1 Å². The van der Waals surface area contributed by atoms with E-state index in [-0.39, 0.29) is 11.3 Å². The number of methoxy groups -OCH3 is 1. The first-order chi connectivity index (χ1) is 12.4. The maximum atomic E-state index is 12.5.